The first-order valence-corrected chi connectivity index (χ1v) is 11.8. The van der Waals surface area contributed by atoms with E-state index in [0.29, 0.717) is 32.0 Å². The Bertz CT molecular complexity index is 877. The number of aromatic nitrogens is 2. The van der Waals surface area contributed by atoms with Gasteiger partial charge >= 0.3 is 6.09 Å². The molecular weight excluding hydrogens is 408 g/mol. The van der Waals surface area contributed by atoms with Gasteiger partial charge in [-0.15, -0.1) is 0 Å². The summed E-state index contributed by atoms with van der Waals surface area (Å²) in [7, 11) is 0. The van der Waals surface area contributed by atoms with E-state index in [2.05, 4.69) is 16.5 Å². The number of amides is 2. The van der Waals surface area contributed by atoms with Crippen LogP contribution >= 0.6 is 0 Å². The first kappa shape index (κ1) is 22.7. The number of hydrogen-bond acceptors (Lipinski definition) is 5. The predicted molar refractivity (Wildman–Crippen MR) is 120 cm³/mol. The van der Waals surface area contributed by atoms with Crippen molar-refractivity contribution >= 4 is 12.0 Å². The van der Waals surface area contributed by atoms with Crippen LogP contribution < -0.4 is 0 Å². The number of aryl methyl sites for hydroxylation is 1. The zero-order valence-corrected chi connectivity index (χ0v) is 19.8. The molecule has 1 saturated heterocycles. The van der Waals surface area contributed by atoms with Crippen molar-refractivity contribution in [1.29, 1.82) is 0 Å². The number of carbonyl (C=O) groups excluding carboxylic acids is 2. The Hall–Kier alpha value is -2.51. The fourth-order valence-corrected chi connectivity index (χ4v) is 4.87. The molecule has 1 aromatic heterocycles. The SMILES string of the molecule is CCn1ccnc1CN(C(=O)C1=CCCCO1)[C@@H]1CC12CCN(C(=O)OC(C)(C)C)CC2. The van der Waals surface area contributed by atoms with E-state index in [4.69, 9.17) is 9.47 Å². The highest BCUT2D eigenvalue weighted by atomic mass is 16.6. The number of piperidine rings is 1. The lowest BCUT2D eigenvalue weighted by molar-refractivity contribution is -0.133. The summed E-state index contributed by atoms with van der Waals surface area (Å²) in [6.45, 7) is 11.0. The molecule has 3 heterocycles. The molecule has 3 aliphatic rings. The number of nitrogens with zero attached hydrogens (tertiary/aromatic N) is 4. The van der Waals surface area contributed by atoms with Crippen LogP contribution in [0.1, 0.15) is 65.6 Å². The van der Waals surface area contributed by atoms with Crippen molar-refractivity contribution in [3.05, 3.63) is 30.1 Å². The average Bonchev–Trinajstić information content (AvgIpc) is 3.25. The van der Waals surface area contributed by atoms with E-state index >= 15 is 0 Å². The maximum Gasteiger partial charge on any atom is 0.410 e. The molecule has 32 heavy (non-hydrogen) atoms. The van der Waals surface area contributed by atoms with Gasteiger partial charge in [-0.2, -0.15) is 0 Å². The molecule has 1 saturated carbocycles. The predicted octanol–water partition coefficient (Wildman–Crippen LogP) is 3.72. The van der Waals surface area contributed by atoms with Gasteiger partial charge in [-0.05, 0) is 71.3 Å². The van der Waals surface area contributed by atoms with Gasteiger partial charge in [0.1, 0.15) is 11.4 Å². The van der Waals surface area contributed by atoms with Crippen LogP contribution in [-0.4, -0.2) is 62.7 Å². The highest BCUT2D eigenvalue weighted by Gasteiger charge is 2.59. The maximum atomic E-state index is 13.5. The maximum absolute atomic E-state index is 13.5. The van der Waals surface area contributed by atoms with Crippen molar-refractivity contribution in [2.75, 3.05) is 19.7 Å². The summed E-state index contributed by atoms with van der Waals surface area (Å²) < 4.78 is 13.3. The van der Waals surface area contributed by atoms with Gasteiger partial charge in [0.05, 0.1) is 13.2 Å². The Balaban J connectivity index is 1.46. The van der Waals surface area contributed by atoms with E-state index < -0.39 is 5.60 Å². The van der Waals surface area contributed by atoms with Crippen molar-refractivity contribution in [1.82, 2.24) is 19.4 Å². The Morgan fingerprint density at radius 3 is 2.69 bits per heavy atom. The lowest BCUT2D eigenvalue weighted by Gasteiger charge is -2.35. The molecule has 1 aliphatic carbocycles. The number of imidazole rings is 1. The molecule has 176 valence electrons. The summed E-state index contributed by atoms with van der Waals surface area (Å²) in [4.78, 5) is 34.2. The summed E-state index contributed by atoms with van der Waals surface area (Å²) in [5.74, 6) is 1.33. The topological polar surface area (TPSA) is 76.9 Å². The van der Waals surface area contributed by atoms with Gasteiger partial charge in [-0.1, -0.05) is 0 Å². The van der Waals surface area contributed by atoms with Crippen LogP contribution in [0.15, 0.2) is 24.2 Å². The third kappa shape index (κ3) is 4.79. The van der Waals surface area contributed by atoms with Crippen molar-refractivity contribution in [2.45, 2.75) is 84.5 Å². The lowest BCUT2D eigenvalue weighted by Crippen LogP contribution is -2.45. The molecule has 8 nitrogen and oxygen atoms in total. The molecule has 0 aromatic carbocycles. The highest BCUT2D eigenvalue weighted by molar-refractivity contribution is 5.92. The van der Waals surface area contributed by atoms with Crippen LogP contribution in [0, 0.1) is 5.41 Å². The van der Waals surface area contributed by atoms with Crippen molar-refractivity contribution in [3.63, 3.8) is 0 Å². The molecule has 4 rings (SSSR count). The highest BCUT2D eigenvalue weighted by Crippen LogP contribution is 2.57. The summed E-state index contributed by atoms with van der Waals surface area (Å²) in [5.41, 5.74) is -0.431. The van der Waals surface area contributed by atoms with Crippen LogP contribution in [0.2, 0.25) is 0 Å². The second-order valence-electron chi connectivity index (χ2n) is 10.2. The molecule has 1 spiro atoms. The van der Waals surface area contributed by atoms with E-state index in [0.717, 1.165) is 44.5 Å². The molecule has 2 fully saturated rings. The van der Waals surface area contributed by atoms with Crippen molar-refractivity contribution < 1.29 is 19.1 Å². The molecule has 2 amide bonds. The number of hydrogen-bond donors (Lipinski definition) is 0. The van der Waals surface area contributed by atoms with Gasteiger partial charge < -0.3 is 23.8 Å². The number of allylic oxidation sites excluding steroid dienone is 1. The molecule has 1 atom stereocenters. The number of ether oxygens (including phenoxy) is 2. The molecule has 0 N–H and O–H groups in total. The van der Waals surface area contributed by atoms with Crippen LogP contribution in [0.3, 0.4) is 0 Å². The van der Waals surface area contributed by atoms with Gasteiger partial charge in [0.2, 0.25) is 0 Å². The largest absolute Gasteiger partial charge is 0.488 e. The minimum Gasteiger partial charge on any atom is -0.488 e. The summed E-state index contributed by atoms with van der Waals surface area (Å²) in [6.07, 6.45) is 9.96. The standard InChI is InChI=1S/C24H36N4O4/c1-5-26-14-11-25-20(26)17-28(21(29)18-8-6-7-15-31-18)19-16-24(19)9-12-27(13-10-24)22(30)32-23(2,3)4/h8,11,14,19H,5-7,9-10,12-13,15-17H2,1-4H3/t19-/m1/s1. The average molecular weight is 445 g/mol. The Morgan fingerprint density at radius 2 is 2.06 bits per heavy atom. The van der Waals surface area contributed by atoms with E-state index in [1.165, 1.54) is 0 Å². The Morgan fingerprint density at radius 1 is 1.31 bits per heavy atom. The van der Waals surface area contributed by atoms with Gasteiger partial charge in [0, 0.05) is 38.1 Å². The van der Waals surface area contributed by atoms with Crippen LogP contribution in [0.5, 0.6) is 0 Å². The number of rotatable bonds is 5. The van der Waals surface area contributed by atoms with Crippen LogP contribution in [-0.2, 0) is 27.4 Å². The van der Waals surface area contributed by atoms with E-state index in [-0.39, 0.29) is 23.5 Å². The fraction of sp³-hybridized carbons (Fsp3) is 0.708. The number of carbonyl (C=O) groups is 2. The molecule has 0 unspecified atom stereocenters. The normalized spacial score (nSPS) is 22.2. The van der Waals surface area contributed by atoms with E-state index in [1.807, 2.05) is 37.9 Å². The fourth-order valence-electron chi connectivity index (χ4n) is 4.87. The zero-order chi connectivity index (χ0) is 22.9. The number of likely N-dealkylation sites (tertiary alicyclic amines) is 1. The molecule has 0 radical (unpaired) electrons. The minimum atomic E-state index is -0.494. The van der Waals surface area contributed by atoms with Gasteiger partial charge in [0.25, 0.3) is 5.91 Å². The molecule has 8 heteroatoms. The van der Waals surface area contributed by atoms with Crippen LogP contribution in [0.4, 0.5) is 4.79 Å². The third-order valence-corrected chi connectivity index (χ3v) is 6.80. The van der Waals surface area contributed by atoms with Gasteiger partial charge in [0.15, 0.2) is 5.76 Å². The van der Waals surface area contributed by atoms with E-state index in [9.17, 15) is 9.59 Å². The second kappa shape index (κ2) is 8.79. The quantitative estimate of drug-likeness (QED) is 0.692. The van der Waals surface area contributed by atoms with Gasteiger partial charge in [-0.3, -0.25) is 4.79 Å². The van der Waals surface area contributed by atoms with Crippen molar-refractivity contribution in [3.8, 4) is 0 Å². The van der Waals surface area contributed by atoms with E-state index in [1.54, 1.807) is 11.1 Å². The Labute approximate surface area is 190 Å². The molecule has 1 aromatic rings. The minimum absolute atomic E-state index is 0.0354. The zero-order valence-electron chi connectivity index (χ0n) is 19.8. The summed E-state index contributed by atoms with van der Waals surface area (Å²) >= 11 is 0. The summed E-state index contributed by atoms with van der Waals surface area (Å²) in [6, 6.07) is 0.143. The second-order valence-corrected chi connectivity index (χ2v) is 10.2. The van der Waals surface area contributed by atoms with Crippen molar-refractivity contribution in [2.24, 2.45) is 5.41 Å². The Kier molecular flexibility index (Phi) is 6.23. The first-order valence-electron chi connectivity index (χ1n) is 11.8. The molecule has 0 bridgehead atoms. The smallest absolute Gasteiger partial charge is 0.410 e. The third-order valence-electron chi connectivity index (χ3n) is 6.80. The first-order chi connectivity index (χ1) is 15.2. The summed E-state index contributed by atoms with van der Waals surface area (Å²) in [5, 5.41) is 0. The monoisotopic (exact) mass is 444 g/mol. The van der Waals surface area contributed by atoms with Crippen LogP contribution in [0.25, 0.3) is 0 Å². The lowest BCUT2D eigenvalue weighted by atomic mass is 9.92. The molecule has 2 aliphatic heterocycles. The van der Waals surface area contributed by atoms with Gasteiger partial charge in [-0.25, -0.2) is 9.78 Å². The molecular formula is C24H36N4O4.